The van der Waals surface area contributed by atoms with E-state index in [4.69, 9.17) is 4.74 Å². The van der Waals surface area contributed by atoms with Crippen LogP contribution in [-0.4, -0.2) is 56.4 Å². The average molecular weight is 372 g/mol. The average Bonchev–Trinajstić information content (AvgIpc) is 2.57. The Kier molecular flexibility index (Phi) is 7.71. The second-order valence-electron chi connectivity index (χ2n) is 6.45. The van der Waals surface area contributed by atoms with Crippen molar-refractivity contribution in [3.05, 3.63) is 35.4 Å². The summed E-state index contributed by atoms with van der Waals surface area (Å²) in [5.41, 5.74) is 2.26. The number of hydrogen-bond donors (Lipinski definition) is 2. The van der Waals surface area contributed by atoms with Gasteiger partial charge in [-0.3, -0.25) is 9.89 Å². The smallest absolute Gasteiger partial charge is 0.376 e. The van der Waals surface area contributed by atoms with Crippen LogP contribution < -0.4 is 10.6 Å². The molecule has 26 heavy (non-hydrogen) atoms. The summed E-state index contributed by atoms with van der Waals surface area (Å²) in [5, 5.41) is 5.73. The molecule has 1 aromatic carbocycles. The molecular formula is C18H27F3N4O. The van der Waals surface area contributed by atoms with E-state index in [1.165, 1.54) is 5.56 Å². The molecule has 1 saturated heterocycles. The molecule has 146 valence electrons. The molecule has 2 N–H and O–H groups in total. The number of nitrogens with one attached hydrogen (secondary N) is 2. The molecule has 5 nitrogen and oxygen atoms in total. The van der Waals surface area contributed by atoms with Gasteiger partial charge in [0.1, 0.15) is 0 Å². The molecule has 1 aliphatic heterocycles. The maximum absolute atomic E-state index is 12.2. The third-order valence-corrected chi connectivity index (χ3v) is 4.11. The van der Waals surface area contributed by atoms with Crippen LogP contribution in [0.2, 0.25) is 0 Å². The zero-order valence-electron chi connectivity index (χ0n) is 15.3. The minimum absolute atomic E-state index is 0.196. The summed E-state index contributed by atoms with van der Waals surface area (Å²) in [6.07, 6.45) is -4.81. The zero-order chi connectivity index (χ0) is 19.0. The van der Waals surface area contributed by atoms with E-state index >= 15 is 0 Å². The largest absolute Gasteiger partial charge is 0.390 e. The zero-order valence-corrected chi connectivity index (χ0v) is 15.3. The molecule has 0 aromatic heterocycles. The molecule has 1 atom stereocenters. The molecule has 1 unspecified atom stereocenters. The van der Waals surface area contributed by atoms with Crippen LogP contribution >= 0.6 is 0 Å². The van der Waals surface area contributed by atoms with Gasteiger partial charge in [0.05, 0.1) is 19.1 Å². The van der Waals surface area contributed by atoms with Crippen LogP contribution in [0, 0.1) is 0 Å². The minimum Gasteiger partial charge on any atom is -0.376 e. The van der Waals surface area contributed by atoms with Crippen molar-refractivity contribution in [1.29, 1.82) is 0 Å². The lowest BCUT2D eigenvalue weighted by atomic mass is 10.1. The van der Waals surface area contributed by atoms with Gasteiger partial charge in [-0.05, 0) is 18.1 Å². The van der Waals surface area contributed by atoms with Crippen LogP contribution in [-0.2, 0) is 17.8 Å². The third kappa shape index (κ3) is 7.61. The van der Waals surface area contributed by atoms with E-state index in [2.05, 4.69) is 39.6 Å². The summed E-state index contributed by atoms with van der Waals surface area (Å²) in [4.78, 5) is 6.31. The summed E-state index contributed by atoms with van der Waals surface area (Å²) in [5.74, 6) is 0.363. The lowest BCUT2D eigenvalue weighted by Crippen LogP contribution is -2.40. The number of morpholine rings is 1. The van der Waals surface area contributed by atoms with Crippen LogP contribution in [0.5, 0.6) is 0 Å². The van der Waals surface area contributed by atoms with E-state index in [0.717, 1.165) is 31.8 Å². The van der Waals surface area contributed by atoms with Gasteiger partial charge in [0.2, 0.25) is 0 Å². The predicted octanol–water partition coefficient (Wildman–Crippen LogP) is 2.52. The molecule has 8 heteroatoms. The number of aliphatic imine (C=N–C) groups is 1. The number of nitrogens with zero attached hydrogens (tertiary/aromatic N) is 2. The Morgan fingerprint density at radius 2 is 2.08 bits per heavy atom. The van der Waals surface area contributed by atoms with Gasteiger partial charge in [-0.25, -0.2) is 0 Å². The second-order valence-corrected chi connectivity index (χ2v) is 6.45. The van der Waals surface area contributed by atoms with Gasteiger partial charge in [-0.1, -0.05) is 24.3 Å². The van der Waals surface area contributed by atoms with Crippen molar-refractivity contribution >= 4 is 5.96 Å². The Hall–Kier alpha value is -1.80. The number of ether oxygens (including phenoxy) is 1. The molecule has 0 spiro atoms. The molecule has 1 heterocycles. The predicted molar refractivity (Wildman–Crippen MR) is 96.0 cm³/mol. The fraction of sp³-hybridized carbons (Fsp3) is 0.611. The molecule has 1 fully saturated rings. The van der Waals surface area contributed by atoms with E-state index < -0.39 is 12.6 Å². The highest BCUT2D eigenvalue weighted by Crippen LogP contribution is 2.18. The maximum Gasteiger partial charge on any atom is 0.390 e. The highest BCUT2D eigenvalue weighted by Gasteiger charge is 2.26. The van der Waals surface area contributed by atoms with Crippen molar-refractivity contribution in [1.82, 2.24) is 15.5 Å². The van der Waals surface area contributed by atoms with Gasteiger partial charge < -0.3 is 15.4 Å². The Labute approximate surface area is 152 Å². The van der Waals surface area contributed by atoms with Crippen molar-refractivity contribution < 1.29 is 17.9 Å². The van der Waals surface area contributed by atoms with Gasteiger partial charge in [0.25, 0.3) is 0 Å². The Morgan fingerprint density at radius 3 is 2.77 bits per heavy atom. The summed E-state index contributed by atoms with van der Waals surface area (Å²) < 4.78 is 42.2. The molecule has 0 aliphatic carbocycles. The van der Waals surface area contributed by atoms with Crippen LogP contribution in [0.4, 0.5) is 13.2 Å². The Morgan fingerprint density at radius 1 is 1.31 bits per heavy atom. The number of rotatable bonds is 6. The van der Waals surface area contributed by atoms with E-state index in [9.17, 15) is 13.2 Å². The number of hydrogen-bond acceptors (Lipinski definition) is 3. The second kappa shape index (κ2) is 9.78. The highest BCUT2D eigenvalue weighted by molar-refractivity contribution is 5.79. The van der Waals surface area contributed by atoms with Crippen molar-refractivity contribution in [3.63, 3.8) is 0 Å². The normalized spacial score (nSPS) is 19.4. The summed E-state index contributed by atoms with van der Waals surface area (Å²) in [6, 6.07) is 8.17. The van der Waals surface area contributed by atoms with Crippen molar-refractivity contribution in [2.24, 2.45) is 4.99 Å². The van der Waals surface area contributed by atoms with Crippen molar-refractivity contribution in [2.75, 3.05) is 33.3 Å². The fourth-order valence-corrected chi connectivity index (χ4v) is 2.86. The SMILES string of the molecule is CN=C(NCCC(F)(F)F)NCc1cccc(CN2CCOC(C)C2)c1. The van der Waals surface area contributed by atoms with E-state index in [1.54, 1.807) is 7.05 Å². The summed E-state index contributed by atoms with van der Waals surface area (Å²) >= 11 is 0. The van der Waals surface area contributed by atoms with E-state index in [1.807, 2.05) is 12.1 Å². The van der Waals surface area contributed by atoms with Crippen LogP contribution in [0.3, 0.4) is 0 Å². The number of guanidine groups is 1. The lowest BCUT2D eigenvalue weighted by molar-refractivity contribution is -0.132. The minimum atomic E-state index is -4.17. The number of alkyl halides is 3. The number of benzene rings is 1. The van der Waals surface area contributed by atoms with Gasteiger partial charge in [-0.15, -0.1) is 0 Å². The molecule has 0 bridgehead atoms. The third-order valence-electron chi connectivity index (χ3n) is 4.11. The molecular weight excluding hydrogens is 345 g/mol. The summed E-state index contributed by atoms with van der Waals surface area (Å²) in [6.45, 7) is 5.82. The molecule has 0 saturated carbocycles. The molecule has 0 amide bonds. The highest BCUT2D eigenvalue weighted by atomic mass is 19.4. The van der Waals surface area contributed by atoms with Crippen LogP contribution in [0.15, 0.2) is 29.3 Å². The first-order valence-corrected chi connectivity index (χ1v) is 8.79. The quantitative estimate of drug-likeness (QED) is 0.595. The standard InChI is InChI=1S/C18H27F3N4O/c1-14-12-25(8-9-26-14)13-16-5-3-4-15(10-16)11-24-17(22-2)23-7-6-18(19,20)21/h3-5,10,14H,6-9,11-13H2,1-2H3,(H2,22,23,24). The van der Waals surface area contributed by atoms with Gasteiger partial charge >= 0.3 is 6.18 Å². The van der Waals surface area contributed by atoms with Crippen LogP contribution in [0.1, 0.15) is 24.5 Å². The number of halogens is 3. The molecule has 1 aliphatic rings. The first-order valence-electron chi connectivity index (χ1n) is 8.79. The fourth-order valence-electron chi connectivity index (χ4n) is 2.86. The Bertz CT molecular complexity index is 592. The van der Waals surface area contributed by atoms with Crippen LogP contribution in [0.25, 0.3) is 0 Å². The maximum atomic E-state index is 12.2. The topological polar surface area (TPSA) is 48.9 Å². The van der Waals surface area contributed by atoms with Crippen molar-refractivity contribution in [3.8, 4) is 0 Å². The van der Waals surface area contributed by atoms with Gasteiger partial charge in [0, 0.05) is 39.8 Å². The lowest BCUT2D eigenvalue weighted by Gasteiger charge is -2.31. The monoisotopic (exact) mass is 372 g/mol. The first kappa shape index (κ1) is 20.5. The Balaban J connectivity index is 1.81. The molecule has 0 radical (unpaired) electrons. The molecule has 1 aromatic rings. The van der Waals surface area contributed by atoms with Crippen molar-refractivity contribution in [2.45, 2.75) is 38.7 Å². The van der Waals surface area contributed by atoms with E-state index in [-0.39, 0.29) is 12.6 Å². The van der Waals surface area contributed by atoms with E-state index in [0.29, 0.717) is 12.5 Å². The summed E-state index contributed by atoms with van der Waals surface area (Å²) in [7, 11) is 1.54. The molecule has 2 rings (SSSR count). The first-order chi connectivity index (χ1) is 12.4. The van der Waals surface area contributed by atoms with Gasteiger partial charge in [-0.2, -0.15) is 13.2 Å². The van der Waals surface area contributed by atoms with Gasteiger partial charge in [0.15, 0.2) is 5.96 Å².